The maximum atomic E-state index is 12.8. The molecule has 1 amide bonds. The first-order chi connectivity index (χ1) is 12.5. The van der Waals surface area contributed by atoms with Crippen molar-refractivity contribution >= 4 is 21.8 Å². The molecule has 1 aliphatic rings. The molecule has 0 N–H and O–H groups in total. The van der Waals surface area contributed by atoms with E-state index in [1.54, 1.807) is 11.8 Å². The van der Waals surface area contributed by atoms with Crippen LogP contribution in [0.25, 0.3) is 6.08 Å². The van der Waals surface area contributed by atoms with Gasteiger partial charge in [-0.25, -0.2) is 8.42 Å². The maximum Gasteiger partial charge on any atom is 0.249 e. The molecule has 1 atom stereocenters. The van der Waals surface area contributed by atoms with E-state index < -0.39 is 15.1 Å². The highest BCUT2D eigenvalue weighted by atomic mass is 32.2. The van der Waals surface area contributed by atoms with Crippen molar-refractivity contribution in [3.05, 3.63) is 77.4 Å². The lowest BCUT2D eigenvalue weighted by molar-refractivity contribution is -0.126. The van der Waals surface area contributed by atoms with E-state index in [1.165, 1.54) is 0 Å². The first-order valence-electron chi connectivity index (χ1n) is 8.76. The molecule has 0 aromatic heterocycles. The van der Waals surface area contributed by atoms with E-state index in [2.05, 4.69) is 0 Å². The Bertz CT molecular complexity index is 889. The number of carbonyl (C=O) groups is 1. The highest BCUT2D eigenvalue weighted by molar-refractivity contribution is 7.91. The minimum atomic E-state index is -3.28. The standard InChI is InChI=1S/C21H23NO3S/c1-17(16-18-8-4-2-5-9-18)21(23)22-13-12-20(26(24,25)15-14-22)19-10-6-3-7-11-19/h2-11,16,20H,12-15H2,1H3/b17-16+/t20-/m1/s1. The van der Waals surface area contributed by atoms with Gasteiger partial charge in [-0.3, -0.25) is 4.79 Å². The van der Waals surface area contributed by atoms with Gasteiger partial charge >= 0.3 is 0 Å². The van der Waals surface area contributed by atoms with Crippen LogP contribution in [-0.4, -0.2) is 38.1 Å². The Labute approximate surface area is 155 Å². The van der Waals surface area contributed by atoms with Crippen molar-refractivity contribution in [1.29, 1.82) is 0 Å². The fraction of sp³-hybridized carbons (Fsp3) is 0.286. The Balaban J connectivity index is 1.77. The van der Waals surface area contributed by atoms with Gasteiger partial charge in [0.05, 0.1) is 11.0 Å². The summed E-state index contributed by atoms with van der Waals surface area (Å²) in [6.07, 6.45) is 2.27. The number of sulfone groups is 1. The molecular weight excluding hydrogens is 346 g/mol. The van der Waals surface area contributed by atoms with E-state index in [0.717, 1.165) is 11.1 Å². The molecule has 0 unspecified atom stereocenters. The van der Waals surface area contributed by atoms with E-state index in [-0.39, 0.29) is 18.2 Å². The van der Waals surface area contributed by atoms with E-state index >= 15 is 0 Å². The van der Waals surface area contributed by atoms with Crippen molar-refractivity contribution in [2.45, 2.75) is 18.6 Å². The van der Waals surface area contributed by atoms with Gasteiger partial charge in [0.1, 0.15) is 0 Å². The molecule has 2 aromatic rings. The Morgan fingerprint density at radius 3 is 2.27 bits per heavy atom. The summed E-state index contributed by atoms with van der Waals surface area (Å²) in [6, 6.07) is 18.9. The molecule has 5 heteroatoms. The zero-order valence-corrected chi connectivity index (χ0v) is 15.7. The summed E-state index contributed by atoms with van der Waals surface area (Å²) in [4.78, 5) is 14.4. The highest BCUT2D eigenvalue weighted by Crippen LogP contribution is 2.29. The molecule has 0 aliphatic carbocycles. The van der Waals surface area contributed by atoms with Crippen LogP contribution in [0.5, 0.6) is 0 Å². The van der Waals surface area contributed by atoms with Crippen molar-refractivity contribution in [2.24, 2.45) is 0 Å². The summed E-state index contributed by atoms with van der Waals surface area (Å²) >= 11 is 0. The van der Waals surface area contributed by atoms with Crippen LogP contribution in [0, 0.1) is 0 Å². The van der Waals surface area contributed by atoms with Gasteiger partial charge in [-0.2, -0.15) is 0 Å². The zero-order chi connectivity index (χ0) is 18.6. The zero-order valence-electron chi connectivity index (χ0n) is 14.8. The third-order valence-electron chi connectivity index (χ3n) is 4.72. The fourth-order valence-electron chi connectivity index (χ4n) is 3.30. The van der Waals surface area contributed by atoms with Crippen LogP contribution in [0.4, 0.5) is 0 Å². The predicted octanol–water partition coefficient (Wildman–Crippen LogP) is 3.48. The average Bonchev–Trinajstić information content (AvgIpc) is 2.80. The molecule has 136 valence electrons. The lowest BCUT2D eigenvalue weighted by Gasteiger charge is -2.20. The van der Waals surface area contributed by atoms with Crippen LogP contribution < -0.4 is 0 Å². The molecule has 0 radical (unpaired) electrons. The second-order valence-corrected chi connectivity index (χ2v) is 8.89. The van der Waals surface area contributed by atoms with Gasteiger partial charge in [0.2, 0.25) is 5.91 Å². The smallest absolute Gasteiger partial charge is 0.249 e. The van der Waals surface area contributed by atoms with Gasteiger partial charge in [0, 0.05) is 18.7 Å². The number of carbonyl (C=O) groups excluding carboxylic acids is 1. The monoisotopic (exact) mass is 369 g/mol. The first-order valence-corrected chi connectivity index (χ1v) is 10.5. The van der Waals surface area contributed by atoms with E-state index in [9.17, 15) is 13.2 Å². The first kappa shape index (κ1) is 18.4. The van der Waals surface area contributed by atoms with Crippen LogP contribution in [-0.2, 0) is 14.6 Å². The number of hydrogen-bond acceptors (Lipinski definition) is 3. The summed E-state index contributed by atoms with van der Waals surface area (Å²) in [5.74, 6) is -0.102. The maximum absolute atomic E-state index is 12.8. The summed E-state index contributed by atoms with van der Waals surface area (Å²) < 4.78 is 25.4. The van der Waals surface area contributed by atoms with Gasteiger partial charge in [-0.1, -0.05) is 60.7 Å². The molecule has 1 heterocycles. The Morgan fingerprint density at radius 1 is 1.00 bits per heavy atom. The molecule has 0 spiro atoms. The lowest BCUT2D eigenvalue weighted by Crippen LogP contribution is -2.34. The lowest BCUT2D eigenvalue weighted by atomic mass is 10.1. The van der Waals surface area contributed by atoms with Gasteiger partial charge in [-0.05, 0) is 30.5 Å². The molecule has 26 heavy (non-hydrogen) atoms. The molecule has 3 rings (SSSR count). The van der Waals surface area contributed by atoms with Crippen LogP contribution in [0.15, 0.2) is 66.2 Å². The molecule has 0 saturated carbocycles. The van der Waals surface area contributed by atoms with Crippen molar-refractivity contribution < 1.29 is 13.2 Å². The van der Waals surface area contributed by atoms with Crippen LogP contribution in [0.2, 0.25) is 0 Å². The summed E-state index contributed by atoms with van der Waals surface area (Å²) in [7, 11) is -3.28. The van der Waals surface area contributed by atoms with Crippen molar-refractivity contribution in [2.75, 3.05) is 18.8 Å². The molecule has 4 nitrogen and oxygen atoms in total. The second-order valence-electron chi connectivity index (χ2n) is 6.59. The Morgan fingerprint density at radius 2 is 1.62 bits per heavy atom. The molecular formula is C21H23NO3S. The highest BCUT2D eigenvalue weighted by Gasteiger charge is 2.32. The van der Waals surface area contributed by atoms with Gasteiger partial charge < -0.3 is 4.90 Å². The van der Waals surface area contributed by atoms with Gasteiger partial charge in [-0.15, -0.1) is 0 Å². The Hall–Kier alpha value is -2.40. The minimum absolute atomic E-state index is 0.00306. The molecule has 1 aliphatic heterocycles. The van der Waals surface area contributed by atoms with Crippen LogP contribution >= 0.6 is 0 Å². The SMILES string of the molecule is C/C(=C\c1ccccc1)C(=O)N1CC[C@H](c2ccccc2)S(=O)(=O)CC1. The number of amides is 1. The quantitative estimate of drug-likeness (QED) is 0.779. The van der Waals surface area contributed by atoms with Crippen LogP contribution in [0.3, 0.4) is 0 Å². The normalized spacial score (nSPS) is 20.4. The number of benzene rings is 2. The topological polar surface area (TPSA) is 54.5 Å². The number of rotatable bonds is 3. The van der Waals surface area contributed by atoms with E-state index in [0.29, 0.717) is 18.5 Å². The third-order valence-corrected chi connectivity index (χ3v) is 6.85. The summed E-state index contributed by atoms with van der Waals surface area (Å²) in [5, 5.41) is -0.542. The third kappa shape index (κ3) is 4.22. The summed E-state index contributed by atoms with van der Waals surface area (Å²) in [6.45, 7) is 2.46. The Kier molecular flexibility index (Phi) is 5.57. The molecule has 1 saturated heterocycles. The number of nitrogens with zero attached hydrogens (tertiary/aromatic N) is 1. The fourth-order valence-corrected chi connectivity index (χ4v) is 5.10. The second kappa shape index (κ2) is 7.87. The van der Waals surface area contributed by atoms with Crippen molar-refractivity contribution in [3.63, 3.8) is 0 Å². The molecule has 2 aromatic carbocycles. The van der Waals surface area contributed by atoms with E-state index in [4.69, 9.17) is 0 Å². The molecule has 0 bridgehead atoms. The van der Waals surface area contributed by atoms with Gasteiger partial charge in [0.15, 0.2) is 9.84 Å². The largest absolute Gasteiger partial charge is 0.338 e. The summed E-state index contributed by atoms with van der Waals surface area (Å²) in [5.41, 5.74) is 2.38. The van der Waals surface area contributed by atoms with Crippen LogP contribution in [0.1, 0.15) is 29.7 Å². The predicted molar refractivity (Wildman–Crippen MR) is 104 cm³/mol. The van der Waals surface area contributed by atoms with Gasteiger partial charge in [0.25, 0.3) is 0 Å². The van der Waals surface area contributed by atoms with Crippen molar-refractivity contribution in [3.8, 4) is 0 Å². The van der Waals surface area contributed by atoms with E-state index in [1.807, 2.05) is 66.7 Å². The van der Waals surface area contributed by atoms with Crippen molar-refractivity contribution in [1.82, 2.24) is 4.90 Å². The minimum Gasteiger partial charge on any atom is -0.338 e. The molecule has 1 fully saturated rings. The average molecular weight is 369 g/mol. The number of hydrogen-bond donors (Lipinski definition) is 0.